The van der Waals surface area contributed by atoms with E-state index in [1.54, 1.807) is 6.20 Å². The van der Waals surface area contributed by atoms with Crippen LogP contribution in [-0.4, -0.2) is 69.4 Å². The van der Waals surface area contributed by atoms with Crippen molar-refractivity contribution in [3.8, 4) is 0 Å². The Labute approximate surface area is 254 Å². The Morgan fingerprint density at radius 2 is 1.86 bits per heavy atom. The fourth-order valence-electron chi connectivity index (χ4n) is 6.34. The topological polar surface area (TPSA) is 106 Å². The number of hydrogen-bond acceptors (Lipinski definition) is 8. The molecule has 236 valence electrons. The molecule has 3 aromatic rings. The molecule has 2 aliphatic rings. The first kappa shape index (κ1) is 31.5. The third-order valence-electron chi connectivity index (χ3n) is 8.82. The van der Waals surface area contributed by atoms with E-state index in [0.717, 1.165) is 77.2 Å². The van der Waals surface area contributed by atoms with Gasteiger partial charge in [-0.15, -0.1) is 0 Å². The maximum Gasteiger partial charge on any atom is 0.224 e. The molecule has 5 rings (SSSR count). The van der Waals surface area contributed by atoms with Gasteiger partial charge in [0, 0.05) is 37.8 Å². The minimum absolute atomic E-state index is 0.161. The minimum atomic E-state index is -0.674. The molecule has 1 aliphatic carbocycles. The van der Waals surface area contributed by atoms with Crippen LogP contribution in [0, 0.1) is 17.6 Å². The maximum absolute atomic E-state index is 14.6. The highest BCUT2D eigenvalue weighted by atomic mass is 19.1. The number of nitrogens with one attached hydrogen (secondary N) is 2. The smallest absolute Gasteiger partial charge is 0.224 e. The first-order valence-corrected chi connectivity index (χ1v) is 16.3. The van der Waals surface area contributed by atoms with Crippen LogP contribution in [0.15, 0.2) is 24.4 Å². The average Bonchev–Trinajstić information content (AvgIpc) is 3.34. The summed E-state index contributed by atoms with van der Waals surface area (Å²) in [6.45, 7) is 7.80. The summed E-state index contributed by atoms with van der Waals surface area (Å²) in [5.41, 5.74) is 7.55. The van der Waals surface area contributed by atoms with Gasteiger partial charge in [-0.25, -0.2) is 18.7 Å². The lowest BCUT2D eigenvalue weighted by Crippen LogP contribution is -2.33. The standard InChI is InChI=1S/C32H48F2N8O/c1-2-7-23(22-43-19-18-41-15-4-3-5-16-41)8-6-17-42-30-29(39-32(42)38-28-14-9-24(33)20-27(28)34)21-36-31(40-30)37-26-12-10-25(35)11-13-26/h9,14,20-21,23,25-26H,2-8,10-13,15-19,22,35H2,1H3,(H,38,39)(H,36,37,40)/t23-,25?,26?/m0/s1. The number of likely N-dealkylation sites (tertiary alicyclic amines) is 1. The van der Waals surface area contributed by atoms with Gasteiger partial charge in [0.15, 0.2) is 5.65 Å². The number of benzene rings is 1. The summed E-state index contributed by atoms with van der Waals surface area (Å²) in [7, 11) is 0. The van der Waals surface area contributed by atoms with Crippen molar-refractivity contribution in [1.82, 2.24) is 24.4 Å². The summed E-state index contributed by atoms with van der Waals surface area (Å²) >= 11 is 0. The second kappa shape index (κ2) is 15.7. The van der Waals surface area contributed by atoms with E-state index in [1.165, 1.54) is 44.5 Å². The van der Waals surface area contributed by atoms with Crippen molar-refractivity contribution in [2.24, 2.45) is 11.7 Å². The largest absolute Gasteiger partial charge is 0.380 e. The van der Waals surface area contributed by atoms with Gasteiger partial charge < -0.3 is 26.0 Å². The summed E-state index contributed by atoms with van der Waals surface area (Å²) in [4.78, 5) is 16.6. The first-order chi connectivity index (χ1) is 21.0. The molecular formula is C32H48F2N8O. The second-order valence-corrected chi connectivity index (χ2v) is 12.3. The molecule has 1 saturated heterocycles. The number of ether oxygens (including phenoxy) is 1. The third-order valence-corrected chi connectivity index (χ3v) is 8.82. The predicted octanol–water partition coefficient (Wildman–Crippen LogP) is 6.23. The number of nitrogens with zero attached hydrogens (tertiary/aromatic N) is 5. The number of aryl methyl sites for hydroxylation is 1. The molecular weight excluding hydrogens is 550 g/mol. The van der Waals surface area contributed by atoms with Crippen LogP contribution in [0.25, 0.3) is 11.2 Å². The van der Waals surface area contributed by atoms with E-state index in [-0.39, 0.29) is 17.8 Å². The zero-order valence-corrected chi connectivity index (χ0v) is 25.5. The number of nitrogens with two attached hydrogens (primary N) is 1. The second-order valence-electron chi connectivity index (χ2n) is 12.3. The Bertz CT molecular complexity index is 1290. The quantitative estimate of drug-likeness (QED) is 0.177. The zero-order valence-electron chi connectivity index (χ0n) is 25.5. The summed E-state index contributed by atoms with van der Waals surface area (Å²) in [6, 6.07) is 4.04. The van der Waals surface area contributed by atoms with Gasteiger partial charge in [-0.05, 0) is 88.9 Å². The monoisotopic (exact) mass is 598 g/mol. The lowest BCUT2D eigenvalue weighted by atomic mass is 9.92. The fraction of sp³-hybridized carbons (Fsp3) is 0.656. The molecule has 43 heavy (non-hydrogen) atoms. The molecule has 1 saturated carbocycles. The average molecular weight is 599 g/mol. The highest BCUT2D eigenvalue weighted by Crippen LogP contribution is 2.27. The van der Waals surface area contributed by atoms with E-state index in [2.05, 4.69) is 27.4 Å². The summed E-state index contributed by atoms with van der Waals surface area (Å²) in [5, 5.41) is 6.56. The normalized spacial score (nSPS) is 20.4. The Hall–Kier alpha value is -2.89. The predicted molar refractivity (Wildman–Crippen MR) is 168 cm³/mol. The molecule has 9 nitrogen and oxygen atoms in total. The molecule has 11 heteroatoms. The third kappa shape index (κ3) is 9.06. The molecule has 0 radical (unpaired) electrons. The highest BCUT2D eigenvalue weighted by molar-refractivity contribution is 5.76. The SMILES string of the molecule is CCC[C@@H](CCCn1c(Nc2ccc(F)cc2F)nc2cnc(NC3CCC(N)CC3)nc21)COCCN1CCCCC1. The van der Waals surface area contributed by atoms with E-state index in [1.807, 2.05) is 4.57 Å². The fourth-order valence-corrected chi connectivity index (χ4v) is 6.34. The van der Waals surface area contributed by atoms with Gasteiger partial charge in [0.05, 0.1) is 18.5 Å². The zero-order chi connectivity index (χ0) is 30.0. The molecule has 0 amide bonds. The van der Waals surface area contributed by atoms with Crippen molar-refractivity contribution in [3.05, 3.63) is 36.0 Å². The maximum atomic E-state index is 14.6. The van der Waals surface area contributed by atoms with Crippen LogP contribution in [0.1, 0.15) is 77.6 Å². The van der Waals surface area contributed by atoms with E-state index in [0.29, 0.717) is 35.5 Å². The van der Waals surface area contributed by atoms with Crippen LogP contribution >= 0.6 is 0 Å². The van der Waals surface area contributed by atoms with Crippen LogP contribution in [0.5, 0.6) is 0 Å². The van der Waals surface area contributed by atoms with Crippen LogP contribution in [0.4, 0.5) is 26.4 Å². The van der Waals surface area contributed by atoms with Crippen molar-refractivity contribution in [3.63, 3.8) is 0 Å². The molecule has 1 atom stereocenters. The van der Waals surface area contributed by atoms with Crippen molar-refractivity contribution in [1.29, 1.82) is 0 Å². The number of imidazole rings is 1. The van der Waals surface area contributed by atoms with Gasteiger partial charge in [-0.3, -0.25) is 4.57 Å². The van der Waals surface area contributed by atoms with Crippen molar-refractivity contribution in [2.75, 3.05) is 43.5 Å². The van der Waals surface area contributed by atoms with Gasteiger partial charge in [-0.2, -0.15) is 4.98 Å². The summed E-state index contributed by atoms with van der Waals surface area (Å²) in [6.07, 6.45) is 13.7. The van der Waals surface area contributed by atoms with Crippen molar-refractivity contribution >= 4 is 28.7 Å². The number of halogens is 2. The summed E-state index contributed by atoms with van der Waals surface area (Å²) in [5.74, 6) is 0.186. The molecule has 0 spiro atoms. The molecule has 1 aromatic carbocycles. The number of anilines is 3. The van der Waals surface area contributed by atoms with Crippen LogP contribution in [-0.2, 0) is 11.3 Å². The van der Waals surface area contributed by atoms with Gasteiger partial charge in [0.1, 0.15) is 17.2 Å². The van der Waals surface area contributed by atoms with Gasteiger partial charge in [0.2, 0.25) is 11.9 Å². The van der Waals surface area contributed by atoms with E-state index < -0.39 is 11.6 Å². The molecule has 0 unspecified atom stereocenters. The number of rotatable bonds is 15. The van der Waals surface area contributed by atoms with E-state index in [9.17, 15) is 8.78 Å². The molecule has 4 N–H and O–H groups in total. The molecule has 2 fully saturated rings. The first-order valence-electron chi connectivity index (χ1n) is 16.3. The number of piperidine rings is 1. The number of fused-ring (bicyclic) bond motifs is 1. The van der Waals surface area contributed by atoms with Crippen LogP contribution < -0.4 is 16.4 Å². The van der Waals surface area contributed by atoms with Crippen molar-refractivity contribution < 1.29 is 13.5 Å². The molecule has 1 aliphatic heterocycles. The Balaban J connectivity index is 1.26. The Kier molecular flexibility index (Phi) is 11.5. The van der Waals surface area contributed by atoms with Gasteiger partial charge in [-0.1, -0.05) is 19.8 Å². The minimum Gasteiger partial charge on any atom is -0.380 e. The lowest BCUT2D eigenvalue weighted by molar-refractivity contribution is 0.0673. The van der Waals surface area contributed by atoms with Gasteiger partial charge >= 0.3 is 0 Å². The van der Waals surface area contributed by atoms with E-state index in [4.69, 9.17) is 20.4 Å². The Morgan fingerprint density at radius 1 is 1.05 bits per heavy atom. The summed E-state index contributed by atoms with van der Waals surface area (Å²) < 4.78 is 36.3. The van der Waals surface area contributed by atoms with Gasteiger partial charge in [0.25, 0.3) is 0 Å². The number of aromatic nitrogens is 4. The van der Waals surface area contributed by atoms with E-state index >= 15 is 0 Å². The molecule has 0 bridgehead atoms. The number of hydrogen-bond donors (Lipinski definition) is 3. The molecule has 2 aromatic heterocycles. The molecule has 3 heterocycles. The Morgan fingerprint density at radius 3 is 2.63 bits per heavy atom. The lowest BCUT2D eigenvalue weighted by Gasteiger charge is -2.26. The highest BCUT2D eigenvalue weighted by Gasteiger charge is 2.21. The van der Waals surface area contributed by atoms with Crippen LogP contribution in [0.2, 0.25) is 0 Å². The van der Waals surface area contributed by atoms with Crippen LogP contribution in [0.3, 0.4) is 0 Å². The van der Waals surface area contributed by atoms with Crippen molar-refractivity contribution in [2.45, 2.75) is 96.2 Å².